The fraction of sp³-hybridized carbons (Fsp3) is 0. The van der Waals surface area contributed by atoms with Crippen molar-refractivity contribution in [2.24, 2.45) is 0 Å². The predicted octanol–water partition coefficient (Wildman–Crippen LogP) is 3.04. The summed E-state index contributed by atoms with van der Waals surface area (Å²) >= 11 is 0. The van der Waals surface area contributed by atoms with Crippen LogP contribution >= 0.6 is 0 Å². The maximum absolute atomic E-state index is 10.4. The molecule has 0 aliphatic rings. The van der Waals surface area contributed by atoms with Crippen LogP contribution in [0.5, 0.6) is 0 Å². The van der Waals surface area contributed by atoms with Crippen LogP contribution < -0.4 is 0 Å². The monoisotopic (exact) mass is 214 g/mol. The van der Waals surface area contributed by atoms with Crippen LogP contribution in [0.25, 0.3) is 17.4 Å². The Labute approximate surface area is 92.6 Å². The van der Waals surface area contributed by atoms with Crippen LogP contribution in [0, 0.1) is 0 Å². The van der Waals surface area contributed by atoms with Crippen LogP contribution in [-0.2, 0) is 4.79 Å². The molecule has 0 amide bonds. The first-order valence-electron chi connectivity index (χ1n) is 4.80. The molecule has 2 aromatic rings. The van der Waals surface area contributed by atoms with E-state index in [0.717, 1.165) is 23.0 Å². The number of benzene rings is 1. The Balaban J connectivity index is 2.30. The number of hydrogen-bond acceptors (Lipinski definition) is 2. The summed E-state index contributed by atoms with van der Waals surface area (Å²) in [5, 5.41) is 8.52. The van der Waals surface area contributed by atoms with E-state index in [1.807, 2.05) is 36.4 Å². The van der Waals surface area contributed by atoms with Crippen molar-refractivity contribution < 1.29 is 14.3 Å². The Morgan fingerprint density at radius 3 is 2.81 bits per heavy atom. The van der Waals surface area contributed by atoms with E-state index in [9.17, 15) is 4.79 Å². The number of carbonyl (C=O) groups is 1. The van der Waals surface area contributed by atoms with Crippen LogP contribution in [0.4, 0.5) is 0 Å². The summed E-state index contributed by atoms with van der Waals surface area (Å²) in [6.45, 7) is 0. The first-order valence-corrected chi connectivity index (χ1v) is 4.80. The minimum absolute atomic E-state index is 0.769. The molecule has 0 unspecified atom stereocenters. The molecule has 0 aliphatic carbocycles. The summed E-state index contributed by atoms with van der Waals surface area (Å²) in [6, 6.07) is 11.2. The van der Waals surface area contributed by atoms with Crippen molar-refractivity contribution in [3.63, 3.8) is 0 Å². The molecule has 0 saturated carbocycles. The largest absolute Gasteiger partial charge is 0.478 e. The summed E-state index contributed by atoms with van der Waals surface area (Å²) in [5.41, 5.74) is 1.76. The molecule has 0 radical (unpaired) electrons. The average Bonchev–Trinajstić information content (AvgIpc) is 2.80. The van der Waals surface area contributed by atoms with Crippen molar-refractivity contribution in [1.29, 1.82) is 0 Å². The first kappa shape index (κ1) is 10.2. The van der Waals surface area contributed by atoms with Crippen LogP contribution in [0.1, 0.15) is 5.56 Å². The highest BCUT2D eigenvalue weighted by atomic mass is 16.4. The van der Waals surface area contributed by atoms with Gasteiger partial charge in [0.25, 0.3) is 0 Å². The first-order chi connectivity index (χ1) is 7.75. The fourth-order valence-electron chi connectivity index (χ4n) is 1.41. The lowest BCUT2D eigenvalue weighted by atomic mass is 10.1. The van der Waals surface area contributed by atoms with Gasteiger partial charge in [-0.05, 0) is 29.8 Å². The zero-order valence-electron chi connectivity index (χ0n) is 8.46. The molecule has 2 rings (SSSR count). The SMILES string of the molecule is O=C(O)/C=C/c1cccc(-c2ccco2)c1. The molecule has 0 atom stereocenters. The summed E-state index contributed by atoms with van der Waals surface area (Å²) in [5.74, 6) is -0.186. The highest BCUT2D eigenvalue weighted by Crippen LogP contribution is 2.21. The number of hydrogen-bond donors (Lipinski definition) is 1. The van der Waals surface area contributed by atoms with E-state index < -0.39 is 5.97 Å². The Morgan fingerprint density at radius 1 is 1.25 bits per heavy atom. The van der Waals surface area contributed by atoms with E-state index >= 15 is 0 Å². The average molecular weight is 214 g/mol. The van der Waals surface area contributed by atoms with Gasteiger partial charge in [0.2, 0.25) is 0 Å². The van der Waals surface area contributed by atoms with Crippen molar-refractivity contribution in [3.05, 3.63) is 54.3 Å². The van der Waals surface area contributed by atoms with Crippen LogP contribution in [0.2, 0.25) is 0 Å². The van der Waals surface area contributed by atoms with Gasteiger partial charge in [-0.2, -0.15) is 0 Å². The molecule has 1 aromatic carbocycles. The zero-order valence-corrected chi connectivity index (χ0v) is 8.46. The van der Waals surface area contributed by atoms with Crippen molar-refractivity contribution in [2.45, 2.75) is 0 Å². The van der Waals surface area contributed by atoms with Crippen molar-refractivity contribution in [3.8, 4) is 11.3 Å². The van der Waals surface area contributed by atoms with E-state index in [0.29, 0.717) is 0 Å². The number of rotatable bonds is 3. The number of aliphatic carboxylic acids is 1. The van der Waals surface area contributed by atoms with Gasteiger partial charge < -0.3 is 9.52 Å². The third kappa shape index (κ3) is 2.39. The summed E-state index contributed by atoms with van der Waals surface area (Å²) in [6.07, 6.45) is 4.27. The minimum Gasteiger partial charge on any atom is -0.478 e. The maximum Gasteiger partial charge on any atom is 0.328 e. The smallest absolute Gasteiger partial charge is 0.328 e. The summed E-state index contributed by atoms with van der Waals surface area (Å²) < 4.78 is 5.26. The molecule has 0 bridgehead atoms. The lowest BCUT2D eigenvalue weighted by Crippen LogP contribution is -1.85. The molecule has 80 valence electrons. The molecule has 0 fully saturated rings. The Hall–Kier alpha value is -2.29. The normalized spacial score (nSPS) is 10.8. The highest BCUT2D eigenvalue weighted by molar-refractivity contribution is 5.85. The molecular weight excluding hydrogens is 204 g/mol. The van der Waals surface area contributed by atoms with Gasteiger partial charge in [0.1, 0.15) is 5.76 Å². The van der Waals surface area contributed by atoms with Gasteiger partial charge in [-0.25, -0.2) is 4.79 Å². The van der Waals surface area contributed by atoms with Crippen LogP contribution in [0.15, 0.2) is 53.2 Å². The van der Waals surface area contributed by atoms with Gasteiger partial charge in [-0.3, -0.25) is 0 Å². The van der Waals surface area contributed by atoms with Gasteiger partial charge >= 0.3 is 5.97 Å². The molecule has 0 spiro atoms. The second-order valence-corrected chi connectivity index (χ2v) is 3.27. The fourth-order valence-corrected chi connectivity index (χ4v) is 1.41. The number of furan rings is 1. The van der Waals surface area contributed by atoms with Gasteiger partial charge in [0.15, 0.2) is 0 Å². The minimum atomic E-state index is -0.955. The van der Waals surface area contributed by atoms with E-state index in [4.69, 9.17) is 9.52 Å². The molecule has 3 nitrogen and oxygen atoms in total. The molecule has 1 N–H and O–H groups in total. The predicted molar refractivity (Wildman–Crippen MR) is 60.8 cm³/mol. The van der Waals surface area contributed by atoms with Crippen molar-refractivity contribution >= 4 is 12.0 Å². The second kappa shape index (κ2) is 4.49. The molecule has 1 heterocycles. The van der Waals surface area contributed by atoms with Gasteiger partial charge in [-0.15, -0.1) is 0 Å². The van der Waals surface area contributed by atoms with E-state index in [-0.39, 0.29) is 0 Å². The van der Waals surface area contributed by atoms with Crippen LogP contribution in [-0.4, -0.2) is 11.1 Å². The van der Waals surface area contributed by atoms with E-state index in [2.05, 4.69) is 0 Å². The third-order valence-electron chi connectivity index (χ3n) is 2.11. The third-order valence-corrected chi connectivity index (χ3v) is 2.11. The van der Waals surface area contributed by atoms with E-state index in [1.165, 1.54) is 0 Å². The standard InChI is InChI=1S/C13H10O3/c14-13(15)7-6-10-3-1-4-11(9-10)12-5-2-8-16-12/h1-9H,(H,14,15)/b7-6+. The Kier molecular flexibility index (Phi) is 2.87. The molecule has 0 aliphatic heterocycles. The Bertz CT molecular complexity index is 510. The Morgan fingerprint density at radius 2 is 2.12 bits per heavy atom. The summed E-state index contributed by atoms with van der Waals surface area (Å²) in [4.78, 5) is 10.4. The maximum atomic E-state index is 10.4. The van der Waals surface area contributed by atoms with E-state index in [1.54, 1.807) is 12.3 Å². The van der Waals surface area contributed by atoms with Gasteiger partial charge in [0.05, 0.1) is 6.26 Å². The lowest BCUT2D eigenvalue weighted by molar-refractivity contribution is -0.131. The lowest BCUT2D eigenvalue weighted by Gasteiger charge is -1.98. The van der Waals surface area contributed by atoms with Crippen molar-refractivity contribution in [1.82, 2.24) is 0 Å². The van der Waals surface area contributed by atoms with Crippen LogP contribution in [0.3, 0.4) is 0 Å². The number of carboxylic acids is 1. The molecular formula is C13H10O3. The highest BCUT2D eigenvalue weighted by Gasteiger charge is 2.00. The van der Waals surface area contributed by atoms with Crippen molar-refractivity contribution in [2.75, 3.05) is 0 Å². The second-order valence-electron chi connectivity index (χ2n) is 3.27. The quantitative estimate of drug-likeness (QED) is 0.799. The van der Waals surface area contributed by atoms with Gasteiger partial charge in [0, 0.05) is 11.6 Å². The molecule has 3 heteroatoms. The number of carboxylic acid groups (broad SMARTS) is 1. The van der Waals surface area contributed by atoms with Gasteiger partial charge in [-0.1, -0.05) is 18.2 Å². The molecule has 0 saturated heterocycles. The molecule has 16 heavy (non-hydrogen) atoms. The molecule has 1 aromatic heterocycles. The summed E-state index contributed by atoms with van der Waals surface area (Å²) in [7, 11) is 0. The zero-order chi connectivity index (χ0) is 11.4. The topological polar surface area (TPSA) is 50.4 Å².